The van der Waals surface area contributed by atoms with Crippen molar-refractivity contribution in [2.24, 2.45) is 0 Å². The average molecular weight is 459 g/mol. The van der Waals surface area contributed by atoms with Gasteiger partial charge in [0.2, 0.25) is 0 Å². The van der Waals surface area contributed by atoms with Crippen LogP contribution in [-0.2, 0) is 13.0 Å². The van der Waals surface area contributed by atoms with Gasteiger partial charge in [-0.3, -0.25) is 0 Å². The van der Waals surface area contributed by atoms with Crippen molar-refractivity contribution < 1.29 is 14.2 Å². The Labute approximate surface area is 159 Å². The van der Waals surface area contributed by atoms with Gasteiger partial charge in [0.25, 0.3) is 0 Å². The van der Waals surface area contributed by atoms with Crippen molar-refractivity contribution in [3.8, 4) is 17.2 Å². The van der Waals surface area contributed by atoms with Crippen LogP contribution in [0.25, 0.3) is 0 Å². The molecule has 0 heterocycles. The van der Waals surface area contributed by atoms with Gasteiger partial charge in [0.1, 0.15) is 5.75 Å². The van der Waals surface area contributed by atoms with E-state index in [0.29, 0.717) is 0 Å². The predicted octanol–water partition coefficient (Wildman–Crippen LogP) is 4.57. The Bertz CT molecular complexity index is 692. The highest BCUT2D eigenvalue weighted by Gasteiger charge is 2.09. The second kappa shape index (κ2) is 9.30. The van der Waals surface area contributed by atoms with Crippen LogP contribution < -0.4 is 19.5 Å². The van der Waals surface area contributed by atoms with E-state index < -0.39 is 0 Å². The van der Waals surface area contributed by atoms with Gasteiger partial charge in [0.15, 0.2) is 11.5 Å². The number of nitrogens with one attached hydrogen (secondary N) is 1. The van der Waals surface area contributed by atoms with E-state index in [-0.39, 0.29) is 0 Å². The summed E-state index contributed by atoms with van der Waals surface area (Å²) in [5.74, 6) is 2.36. The number of hydrogen-bond donors (Lipinski definition) is 1. The maximum absolute atomic E-state index is 5.46. The quantitative estimate of drug-likeness (QED) is 0.588. The van der Waals surface area contributed by atoms with E-state index in [1.807, 2.05) is 18.2 Å². The van der Waals surface area contributed by atoms with Crippen molar-refractivity contribution in [1.82, 2.24) is 5.32 Å². The minimum Gasteiger partial charge on any atom is -0.495 e. The molecule has 6 heteroatoms. The lowest BCUT2D eigenvalue weighted by Gasteiger charge is -2.13. The molecule has 0 unspecified atom stereocenters. The van der Waals surface area contributed by atoms with Crippen molar-refractivity contribution in [3.05, 3.63) is 50.4 Å². The van der Waals surface area contributed by atoms with Gasteiger partial charge >= 0.3 is 0 Å². The molecule has 0 bridgehead atoms. The van der Waals surface area contributed by atoms with Gasteiger partial charge in [-0.2, -0.15) is 0 Å². The van der Waals surface area contributed by atoms with Crippen LogP contribution in [0.15, 0.2) is 39.3 Å². The third kappa shape index (κ3) is 4.88. The molecule has 0 spiro atoms. The van der Waals surface area contributed by atoms with Crippen LogP contribution in [0.4, 0.5) is 0 Å². The monoisotopic (exact) mass is 457 g/mol. The van der Waals surface area contributed by atoms with Gasteiger partial charge in [-0.05, 0) is 58.7 Å². The van der Waals surface area contributed by atoms with E-state index in [0.717, 1.165) is 51.3 Å². The Morgan fingerprint density at radius 3 is 2.33 bits per heavy atom. The van der Waals surface area contributed by atoms with Gasteiger partial charge in [0.05, 0.1) is 25.8 Å². The molecule has 0 aliphatic carbocycles. The molecule has 24 heavy (non-hydrogen) atoms. The topological polar surface area (TPSA) is 39.7 Å². The largest absolute Gasteiger partial charge is 0.495 e. The number of ether oxygens (including phenoxy) is 3. The van der Waals surface area contributed by atoms with Crippen LogP contribution in [0, 0.1) is 0 Å². The van der Waals surface area contributed by atoms with Crippen LogP contribution >= 0.6 is 31.9 Å². The third-order valence-corrected chi connectivity index (χ3v) is 4.69. The maximum atomic E-state index is 5.46. The second-order valence-electron chi connectivity index (χ2n) is 5.20. The molecule has 0 amide bonds. The van der Waals surface area contributed by atoms with E-state index in [9.17, 15) is 0 Å². The molecular weight excluding hydrogens is 438 g/mol. The molecule has 0 radical (unpaired) electrons. The zero-order valence-corrected chi connectivity index (χ0v) is 17.2. The summed E-state index contributed by atoms with van der Waals surface area (Å²) >= 11 is 7.04. The van der Waals surface area contributed by atoms with Crippen LogP contribution in [0.3, 0.4) is 0 Å². The summed E-state index contributed by atoms with van der Waals surface area (Å²) in [5.41, 5.74) is 2.30. The highest BCUT2D eigenvalue weighted by molar-refractivity contribution is 9.11. The Balaban J connectivity index is 1.94. The van der Waals surface area contributed by atoms with Gasteiger partial charge in [-0.25, -0.2) is 0 Å². The number of methoxy groups -OCH3 is 3. The molecule has 130 valence electrons. The van der Waals surface area contributed by atoms with Crippen molar-refractivity contribution in [2.45, 2.75) is 13.0 Å². The summed E-state index contributed by atoms with van der Waals surface area (Å²) in [5, 5.41) is 3.45. The molecule has 0 aliphatic heterocycles. The molecule has 0 saturated heterocycles. The summed E-state index contributed by atoms with van der Waals surface area (Å²) < 4.78 is 18.0. The molecule has 4 nitrogen and oxygen atoms in total. The first kappa shape index (κ1) is 19.1. The summed E-state index contributed by atoms with van der Waals surface area (Å²) in [6, 6.07) is 10.0. The van der Waals surface area contributed by atoms with Crippen molar-refractivity contribution in [1.29, 1.82) is 0 Å². The lowest BCUT2D eigenvalue weighted by atomic mass is 10.1. The fourth-order valence-corrected chi connectivity index (χ4v) is 3.94. The first-order valence-corrected chi connectivity index (χ1v) is 9.11. The molecule has 2 aromatic carbocycles. The number of rotatable bonds is 8. The SMILES string of the molecule is COc1ccc(CCNCc2cc(Br)cc(Br)c2OC)cc1OC. The van der Waals surface area contributed by atoms with Gasteiger partial charge < -0.3 is 19.5 Å². The number of hydrogen-bond acceptors (Lipinski definition) is 4. The average Bonchev–Trinajstić information content (AvgIpc) is 2.58. The van der Waals surface area contributed by atoms with Gasteiger partial charge in [-0.15, -0.1) is 0 Å². The summed E-state index contributed by atoms with van der Waals surface area (Å²) in [7, 11) is 4.97. The summed E-state index contributed by atoms with van der Waals surface area (Å²) in [4.78, 5) is 0. The van der Waals surface area contributed by atoms with Crippen LogP contribution in [0.1, 0.15) is 11.1 Å². The van der Waals surface area contributed by atoms with Crippen molar-refractivity contribution in [3.63, 3.8) is 0 Å². The highest BCUT2D eigenvalue weighted by Crippen LogP contribution is 2.32. The normalized spacial score (nSPS) is 10.5. The van der Waals surface area contributed by atoms with Crippen LogP contribution in [-0.4, -0.2) is 27.9 Å². The van der Waals surface area contributed by atoms with E-state index in [2.05, 4.69) is 49.3 Å². The molecule has 2 aromatic rings. The molecule has 0 saturated carbocycles. The van der Waals surface area contributed by atoms with Gasteiger partial charge in [0, 0.05) is 16.6 Å². The smallest absolute Gasteiger partial charge is 0.160 e. The van der Waals surface area contributed by atoms with E-state index in [1.165, 1.54) is 5.56 Å². The summed E-state index contributed by atoms with van der Waals surface area (Å²) in [6.45, 7) is 1.58. The van der Waals surface area contributed by atoms with E-state index >= 15 is 0 Å². The Morgan fingerprint density at radius 1 is 0.917 bits per heavy atom. The molecule has 0 fully saturated rings. The molecule has 2 rings (SSSR count). The molecule has 0 atom stereocenters. The third-order valence-electron chi connectivity index (χ3n) is 3.64. The summed E-state index contributed by atoms with van der Waals surface area (Å²) in [6.07, 6.45) is 0.901. The van der Waals surface area contributed by atoms with E-state index in [4.69, 9.17) is 14.2 Å². The fourth-order valence-electron chi connectivity index (χ4n) is 2.47. The molecular formula is C18H21Br2NO3. The van der Waals surface area contributed by atoms with E-state index in [1.54, 1.807) is 21.3 Å². The van der Waals surface area contributed by atoms with Crippen LogP contribution in [0.5, 0.6) is 17.2 Å². The minimum absolute atomic E-state index is 0.731. The lowest BCUT2D eigenvalue weighted by Crippen LogP contribution is -2.17. The predicted molar refractivity (Wildman–Crippen MR) is 103 cm³/mol. The zero-order chi connectivity index (χ0) is 17.5. The lowest BCUT2D eigenvalue weighted by molar-refractivity contribution is 0.354. The number of halogens is 2. The molecule has 1 N–H and O–H groups in total. The van der Waals surface area contributed by atoms with Crippen molar-refractivity contribution >= 4 is 31.9 Å². The minimum atomic E-state index is 0.731. The zero-order valence-electron chi connectivity index (χ0n) is 14.0. The van der Waals surface area contributed by atoms with Crippen molar-refractivity contribution in [2.75, 3.05) is 27.9 Å². The molecule has 0 aliphatic rings. The van der Waals surface area contributed by atoms with Gasteiger partial charge in [-0.1, -0.05) is 22.0 Å². The second-order valence-corrected chi connectivity index (χ2v) is 6.97. The Hall–Kier alpha value is -1.24. The Morgan fingerprint density at radius 2 is 1.67 bits per heavy atom. The fraction of sp³-hybridized carbons (Fsp3) is 0.333. The molecule has 0 aromatic heterocycles. The standard InChI is InChI=1S/C18H21Br2NO3/c1-22-16-5-4-12(8-17(16)23-2)6-7-21-11-13-9-14(19)10-15(20)18(13)24-3/h4-5,8-10,21H,6-7,11H2,1-3H3. The first-order valence-electron chi connectivity index (χ1n) is 7.52. The number of benzene rings is 2. The Kier molecular flexibility index (Phi) is 7.40. The first-order chi connectivity index (χ1) is 11.6. The van der Waals surface area contributed by atoms with Crippen LogP contribution in [0.2, 0.25) is 0 Å². The maximum Gasteiger partial charge on any atom is 0.160 e. The highest BCUT2D eigenvalue weighted by atomic mass is 79.9.